The highest BCUT2D eigenvalue weighted by Gasteiger charge is 2.01. The van der Waals surface area contributed by atoms with Gasteiger partial charge in [0.15, 0.2) is 5.96 Å². The third-order valence-corrected chi connectivity index (χ3v) is 4.18. The summed E-state index contributed by atoms with van der Waals surface area (Å²) in [4.78, 5) is 14.1. The molecule has 126 valence electrons. The largest absolute Gasteiger partial charge is 0.356 e. The molecule has 2 aromatic rings. The van der Waals surface area contributed by atoms with Crippen molar-refractivity contribution in [2.45, 2.75) is 26.7 Å². The number of aryl methyl sites for hydroxylation is 2. The Morgan fingerprint density at radius 2 is 1.83 bits per heavy atom. The van der Waals surface area contributed by atoms with Gasteiger partial charge in [0.25, 0.3) is 0 Å². The molecule has 0 spiro atoms. The van der Waals surface area contributed by atoms with Crippen LogP contribution in [0.25, 0.3) is 0 Å². The molecule has 2 heterocycles. The van der Waals surface area contributed by atoms with Crippen LogP contribution >= 0.6 is 35.3 Å². The Morgan fingerprint density at radius 3 is 2.39 bits per heavy atom. The molecular weight excluding hydrogens is 421 g/mol. The van der Waals surface area contributed by atoms with Crippen molar-refractivity contribution < 1.29 is 0 Å². The zero-order valence-electron chi connectivity index (χ0n) is 13.8. The molecule has 2 N–H and O–H groups in total. The van der Waals surface area contributed by atoms with E-state index in [1.165, 1.54) is 10.4 Å². The molecule has 5 nitrogen and oxygen atoms in total. The Balaban J connectivity index is 0.00000264. The van der Waals surface area contributed by atoms with Crippen LogP contribution in [0.2, 0.25) is 0 Å². The molecule has 0 amide bonds. The molecule has 0 bridgehead atoms. The van der Waals surface area contributed by atoms with E-state index >= 15 is 0 Å². The number of aliphatic imine (C=N–C) groups is 1. The summed E-state index contributed by atoms with van der Waals surface area (Å²) in [5, 5.41) is 7.79. The van der Waals surface area contributed by atoms with Gasteiger partial charge in [-0.1, -0.05) is 6.07 Å². The number of nitrogens with zero attached hydrogens (tertiary/aromatic N) is 3. The highest BCUT2D eigenvalue weighted by Crippen LogP contribution is 2.10. The predicted octanol–water partition coefficient (Wildman–Crippen LogP) is 2.72. The third-order valence-electron chi connectivity index (χ3n) is 3.20. The lowest BCUT2D eigenvalue weighted by atomic mass is 10.2. The first kappa shape index (κ1) is 19.8. The van der Waals surface area contributed by atoms with E-state index in [0.29, 0.717) is 0 Å². The summed E-state index contributed by atoms with van der Waals surface area (Å²) in [6, 6.07) is 4.16. The lowest BCUT2D eigenvalue weighted by molar-refractivity contribution is 0.780. The Hall–Kier alpha value is -1.22. The van der Waals surface area contributed by atoms with Gasteiger partial charge in [-0.05, 0) is 31.9 Å². The number of hydrogen-bond donors (Lipinski definition) is 2. The van der Waals surface area contributed by atoms with Crippen molar-refractivity contribution in [3.63, 3.8) is 0 Å². The fraction of sp³-hybridized carbons (Fsp3) is 0.438. The third kappa shape index (κ3) is 7.26. The van der Waals surface area contributed by atoms with Gasteiger partial charge in [0.05, 0.1) is 5.01 Å². The zero-order chi connectivity index (χ0) is 15.8. The first-order valence-corrected chi connectivity index (χ1v) is 8.26. The quantitative estimate of drug-likeness (QED) is 0.408. The average molecular weight is 445 g/mol. The lowest BCUT2D eigenvalue weighted by Crippen LogP contribution is -2.39. The Labute approximate surface area is 159 Å². The molecule has 0 radical (unpaired) electrons. The van der Waals surface area contributed by atoms with E-state index in [1.54, 1.807) is 18.4 Å². The summed E-state index contributed by atoms with van der Waals surface area (Å²) < 4.78 is 0. The first-order valence-electron chi connectivity index (χ1n) is 7.44. The maximum atomic E-state index is 4.36. The second kappa shape index (κ2) is 10.5. The lowest BCUT2D eigenvalue weighted by Gasteiger charge is -2.11. The van der Waals surface area contributed by atoms with Crippen LogP contribution in [-0.4, -0.2) is 36.1 Å². The van der Waals surface area contributed by atoms with Crippen LogP contribution in [0, 0.1) is 13.8 Å². The Bertz CT molecular complexity index is 609. The summed E-state index contributed by atoms with van der Waals surface area (Å²) in [5.74, 6) is 0.827. The average Bonchev–Trinajstić information content (AvgIpc) is 2.93. The van der Waals surface area contributed by atoms with Gasteiger partial charge >= 0.3 is 0 Å². The summed E-state index contributed by atoms with van der Waals surface area (Å²) in [6.45, 7) is 5.74. The number of nitrogens with one attached hydrogen (secondary N) is 2. The van der Waals surface area contributed by atoms with Crippen LogP contribution in [-0.2, 0) is 12.8 Å². The zero-order valence-corrected chi connectivity index (χ0v) is 16.9. The van der Waals surface area contributed by atoms with Gasteiger partial charge in [-0.25, -0.2) is 4.98 Å². The van der Waals surface area contributed by atoms with Crippen LogP contribution in [0.5, 0.6) is 0 Å². The smallest absolute Gasteiger partial charge is 0.191 e. The molecule has 0 aliphatic heterocycles. The molecule has 0 saturated heterocycles. The highest BCUT2D eigenvalue weighted by molar-refractivity contribution is 14.0. The van der Waals surface area contributed by atoms with Gasteiger partial charge in [0.1, 0.15) is 0 Å². The number of hydrogen-bond acceptors (Lipinski definition) is 4. The van der Waals surface area contributed by atoms with E-state index in [-0.39, 0.29) is 24.0 Å². The standard InChI is InChI=1S/C16H23N5S.HI/c1-12-4-5-14(11-20-12)6-8-18-16(17-3)19-9-7-15-21-10-13(2)22-15;/h4-5,10-11H,6-9H2,1-3H3,(H2,17,18,19);1H. The topological polar surface area (TPSA) is 62.2 Å². The van der Waals surface area contributed by atoms with E-state index in [0.717, 1.165) is 42.6 Å². The van der Waals surface area contributed by atoms with Crippen LogP contribution in [0.1, 0.15) is 21.1 Å². The van der Waals surface area contributed by atoms with Crippen LogP contribution in [0.15, 0.2) is 29.5 Å². The monoisotopic (exact) mass is 445 g/mol. The van der Waals surface area contributed by atoms with Gasteiger partial charge in [0, 0.05) is 49.5 Å². The maximum absolute atomic E-state index is 4.36. The Morgan fingerprint density at radius 1 is 1.09 bits per heavy atom. The SMILES string of the molecule is CN=C(NCCc1ccc(C)nc1)NCCc1ncc(C)s1.I. The molecule has 7 heteroatoms. The van der Waals surface area contributed by atoms with Gasteiger partial charge in [0.2, 0.25) is 0 Å². The van der Waals surface area contributed by atoms with Gasteiger partial charge in [-0.15, -0.1) is 35.3 Å². The fourth-order valence-electron chi connectivity index (χ4n) is 2.00. The van der Waals surface area contributed by atoms with Crippen molar-refractivity contribution >= 4 is 41.3 Å². The molecule has 0 saturated carbocycles. The van der Waals surface area contributed by atoms with Crippen molar-refractivity contribution in [3.8, 4) is 0 Å². The van der Waals surface area contributed by atoms with Crippen molar-refractivity contribution in [2.24, 2.45) is 4.99 Å². The predicted molar refractivity (Wildman–Crippen MR) is 108 cm³/mol. The van der Waals surface area contributed by atoms with E-state index in [2.05, 4.69) is 38.6 Å². The number of aromatic nitrogens is 2. The molecule has 0 atom stereocenters. The number of guanidine groups is 1. The van der Waals surface area contributed by atoms with Gasteiger partial charge in [-0.2, -0.15) is 0 Å². The van der Waals surface area contributed by atoms with Crippen molar-refractivity contribution in [3.05, 3.63) is 45.7 Å². The molecule has 0 unspecified atom stereocenters. The molecule has 2 aromatic heterocycles. The summed E-state index contributed by atoms with van der Waals surface area (Å²) in [5.41, 5.74) is 2.28. The summed E-state index contributed by atoms with van der Waals surface area (Å²) in [7, 11) is 1.79. The highest BCUT2D eigenvalue weighted by atomic mass is 127. The second-order valence-electron chi connectivity index (χ2n) is 5.10. The number of halogens is 1. The minimum atomic E-state index is 0. The number of pyridine rings is 1. The normalized spacial score (nSPS) is 11.0. The fourth-order valence-corrected chi connectivity index (χ4v) is 2.78. The Kier molecular flexibility index (Phi) is 9.08. The van der Waals surface area contributed by atoms with Gasteiger partial charge < -0.3 is 10.6 Å². The van der Waals surface area contributed by atoms with Crippen molar-refractivity contribution in [1.29, 1.82) is 0 Å². The van der Waals surface area contributed by atoms with Gasteiger partial charge in [-0.3, -0.25) is 9.98 Å². The van der Waals surface area contributed by atoms with E-state index in [4.69, 9.17) is 0 Å². The first-order chi connectivity index (χ1) is 10.7. The van der Waals surface area contributed by atoms with E-state index in [9.17, 15) is 0 Å². The van der Waals surface area contributed by atoms with E-state index in [1.807, 2.05) is 25.4 Å². The minimum absolute atomic E-state index is 0. The minimum Gasteiger partial charge on any atom is -0.356 e. The summed E-state index contributed by atoms with van der Waals surface area (Å²) >= 11 is 1.74. The molecule has 0 aromatic carbocycles. The van der Waals surface area contributed by atoms with E-state index < -0.39 is 0 Å². The molecular formula is C16H24IN5S. The molecule has 23 heavy (non-hydrogen) atoms. The molecule has 2 rings (SSSR count). The molecule has 0 aliphatic rings. The number of rotatable bonds is 6. The maximum Gasteiger partial charge on any atom is 0.191 e. The number of thiazole rings is 1. The van der Waals surface area contributed by atoms with Crippen molar-refractivity contribution in [2.75, 3.05) is 20.1 Å². The van der Waals surface area contributed by atoms with Crippen LogP contribution in [0.3, 0.4) is 0 Å². The van der Waals surface area contributed by atoms with Crippen molar-refractivity contribution in [1.82, 2.24) is 20.6 Å². The second-order valence-corrected chi connectivity index (χ2v) is 6.42. The van der Waals surface area contributed by atoms with Crippen LogP contribution in [0.4, 0.5) is 0 Å². The molecule has 0 aliphatic carbocycles. The van der Waals surface area contributed by atoms with Crippen LogP contribution < -0.4 is 10.6 Å². The summed E-state index contributed by atoms with van der Waals surface area (Å²) in [6.07, 6.45) is 5.70. The molecule has 0 fully saturated rings.